The van der Waals surface area contributed by atoms with E-state index in [1.165, 1.54) is 6.92 Å². The minimum Gasteiger partial charge on any atom is -0.577 e. The van der Waals surface area contributed by atoms with Gasteiger partial charge in [0.05, 0.1) is 22.9 Å². The predicted molar refractivity (Wildman–Crippen MR) is 187 cm³/mol. The monoisotopic (exact) mass is 624 g/mol. The average Bonchev–Trinajstić information content (AvgIpc) is 2.89. The number of benzene rings is 3. The van der Waals surface area contributed by atoms with Gasteiger partial charge in [0.25, 0.3) is 5.97 Å². The highest BCUT2D eigenvalue weighted by Gasteiger charge is 2.48. The Morgan fingerprint density at radius 2 is 1.00 bits per heavy atom. The van der Waals surface area contributed by atoms with Gasteiger partial charge in [0.1, 0.15) is 0 Å². The SMILES string of the molecule is CC(=O)[O][Al]1[O]c2c(cc(C(C)(C)C)cc2C(C)(C)C)C=Nc2ccccc2N=Cc2cc(C(C)(C)C)cc(C(C)(C)C)c2[O]1. The zero-order chi connectivity index (χ0) is 33.5. The number of hydrogen-bond donors (Lipinski definition) is 0. The Kier molecular flexibility index (Phi) is 9.52. The van der Waals surface area contributed by atoms with Crippen molar-refractivity contribution in [2.24, 2.45) is 9.98 Å². The highest BCUT2D eigenvalue weighted by Crippen LogP contribution is 2.42. The largest absolute Gasteiger partial charge is 1.20 e. The third-order valence-electron chi connectivity index (χ3n) is 7.84. The first-order valence-corrected chi connectivity index (χ1v) is 17.1. The number of fused-ring (bicyclic) bond motifs is 3. The van der Waals surface area contributed by atoms with Gasteiger partial charge in [-0.05, 0) is 68.2 Å². The van der Waals surface area contributed by atoms with Crippen LogP contribution in [0.5, 0.6) is 11.5 Å². The van der Waals surface area contributed by atoms with E-state index in [0.29, 0.717) is 11.5 Å². The van der Waals surface area contributed by atoms with Crippen LogP contribution in [0.3, 0.4) is 0 Å². The van der Waals surface area contributed by atoms with E-state index in [0.717, 1.165) is 44.8 Å². The molecule has 0 fully saturated rings. The summed E-state index contributed by atoms with van der Waals surface area (Å²) in [5.41, 5.74) is 6.49. The molecule has 3 aromatic rings. The maximum Gasteiger partial charge on any atom is 1.20 e. The van der Waals surface area contributed by atoms with Crippen LogP contribution in [0.1, 0.15) is 123 Å². The van der Waals surface area contributed by atoms with Gasteiger partial charge in [-0.1, -0.05) is 107 Å². The molecule has 0 saturated carbocycles. The van der Waals surface area contributed by atoms with Crippen LogP contribution in [0.2, 0.25) is 0 Å². The lowest BCUT2D eigenvalue weighted by Gasteiger charge is -2.31. The van der Waals surface area contributed by atoms with Crippen molar-refractivity contribution in [2.45, 2.75) is 112 Å². The smallest absolute Gasteiger partial charge is 0.577 e. The second kappa shape index (κ2) is 12.4. The van der Waals surface area contributed by atoms with Crippen molar-refractivity contribution in [1.29, 1.82) is 0 Å². The summed E-state index contributed by atoms with van der Waals surface area (Å²) >= 11 is -3.19. The molecule has 238 valence electrons. The lowest BCUT2D eigenvalue weighted by Crippen LogP contribution is -2.38. The number of aliphatic imine (C=N–C) groups is 2. The first kappa shape index (κ1) is 34.5. The van der Waals surface area contributed by atoms with Gasteiger partial charge in [-0.25, -0.2) is 0 Å². The van der Waals surface area contributed by atoms with E-state index in [9.17, 15) is 4.79 Å². The first-order chi connectivity index (χ1) is 20.6. The van der Waals surface area contributed by atoms with Gasteiger partial charge in [-0.2, -0.15) is 0 Å². The van der Waals surface area contributed by atoms with Crippen LogP contribution >= 0.6 is 0 Å². The van der Waals surface area contributed by atoms with Crippen molar-refractivity contribution in [2.75, 3.05) is 0 Å². The molecular weight excluding hydrogens is 575 g/mol. The molecule has 7 heteroatoms. The number of carbonyl (C=O) groups excluding carboxylic acids is 1. The maximum atomic E-state index is 12.5. The molecule has 0 aromatic heterocycles. The van der Waals surface area contributed by atoms with Gasteiger partial charge in [-0.3, -0.25) is 14.8 Å². The summed E-state index contributed by atoms with van der Waals surface area (Å²) in [5.74, 6) is 0.765. The molecule has 0 unspecified atom stereocenters. The Balaban J connectivity index is 2.11. The fraction of sp³-hybridized carbons (Fsp3) is 0.447. The Hall–Kier alpha value is -3.40. The van der Waals surface area contributed by atoms with Gasteiger partial charge in [0.15, 0.2) is 0 Å². The van der Waals surface area contributed by atoms with Gasteiger partial charge < -0.3 is 11.4 Å². The summed E-state index contributed by atoms with van der Waals surface area (Å²) in [6.07, 6.45) is 3.66. The highest BCUT2D eigenvalue weighted by molar-refractivity contribution is 6.41. The molecule has 0 atom stereocenters. The van der Waals surface area contributed by atoms with Crippen molar-refractivity contribution in [3.8, 4) is 11.5 Å². The lowest BCUT2D eigenvalue weighted by molar-refractivity contribution is -0.134. The molecule has 45 heavy (non-hydrogen) atoms. The second-order valence-electron chi connectivity index (χ2n) is 16.0. The normalized spacial score (nSPS) is 14.1. The molecule has 0 aliphatic carbocycles. The molecule has 3 aromatic carbocycles. The third kappa shape index (κ3) is 8.26. The van der Waals surface area contributed by atoms with Gasteiger partial charge in [-0.15, -0.1) is 0 Å². The number of para-hydroxylation sites is 2. The van der Waals surface area contributed by atoms with Crippen molar-refractivity contribution >= 4 is 44.9 Å². The molecule has 0 saturated heterocycles. The van der Waals surface area contributed by atoms with Crippen molar-refractivity contribution < 1.29 is 16.2 Å². The van der Waals surface area contributed by atoms with E-state index in [1.54, 1.807) is 0 Å². The summed E-state index contributed by atoms with van der Waals surface area (Å²) in [7, 11) is 0. The molecule has 0 bridgehead atoms. The predicted octanol–water partition coefficient (Wildman–Crippen LogP) is 9.70. The maximum absolute atomic E-state index is 12.5. The molecule has 0 radical (unpaired) electrons. The summed E-state index contributed by atoms with van der Waals surface area (Å²) < 4.78 is 19.5. The average molecular weight is 625 g/mol. The van der Waals surface area contributed by atoms with Crippen molar-refractivity contribution in [1.82, 2.24) is 0 Å². The number of rotatable bonds is 1. The first-order valence-electron chi connectivity index (χ1n) is 15.7. The van der Waals surface area contributed by atoms with E-state index in [2.05, 4.69) is 107 Å². The Morgan fingerprint density at radius 3 is 1.31 bits per heavy atom. The molecule has 6 nitrogen and oxygen atoms in total. The fourth-order valence-corrected chi connectivity index (χ4v) is 6.42. The molecule has 0 N–H and O–H groups in total. The fourth-order valence-electron chi connectivity index (χ4n) is 5.10. The second-order valence-corrected chi connectivity index (χ2v) is 17.3. The summed E-state index contributed by atoms with van der Waals surface area (Å²) in [5, 5.41) is 0. The zero-order valence-electron chi connectivity index (χ0n) is 29.4. The number of nitrogens with zero attached hydrogens (tertiary/aromatic N) is 2. The highest BCUT2D eigenvalue weighted by atomic mass is 27.3. The zero-order valence-corrected chi connectivity index (χ0v) is 30.5. The van der Waals surface area contributed by atoms with E-state index in [4.69, 9.17) is 21.4 Å². The minimum absolute atomic E-state index is 0.124. The van der Waals surface area contributed by atoms with Crippen LogP contribution in [0.25, 0.3) is 0 Å². The summed E-state index contributed by atoms with van der Waals surface area (Å²) in [4.78, 5) is 22.4. The van der Waals surface area contributed by atoms with Crippen LogP contribution in [-0.2, 0) is 30.2 Å². The van der Waals surface area contributed by atoms with E-state index in [-0.39, 0.29) is 21.7 Å². The van der Waals surface area contributed by atoms with E-state index in [1.807, 2.05) is 36.7 Å². The molecule has 0 spiro atoms. The molecule has 1 heterocycles. The van der Waals surface area contributed by atoms with Crippen LogP contribution in [-0.4, -0.2) is 33.5 Å². The Bertz CT molecular complexity index is 1530. The standard InChI is InChI=1S/C36H48N2O2.C2H4O2.Al/c1-33(2,3)25-17-23(31(39)27(19-25)35(7,8)9)21-37-29-15-13-14-16-30(29)38-22-24-18-26(34(4,5)6)20-28(32(24)40)36(10,11)12;1-2(3)4;/h13-22,39-40H,1-12H3;1H3,(H,3,4);/q;;+3/p-3. The van der Waals surface area contributed by atoms with Crippen LogP contribution in [0, 0.1) is 0 Å². The Labute approximate surface area is 275 Å². The van der Waals surface area contributed by atoms with Gasteiger partial charge >= 0.3 is 15.1 Å². The number of hydrogen-bond acceptors (Lipinski definition) is 6. The van der Waals surface area contributed by atoms with Crippen LogP contribution in [0.4, 0.5) is 11.4 Å². The molecule has 1 aliphatic rings. The summed E-state index contributed by atoms with van der Waals surface area (Å²) in [6.45, 7) is 27.5. The molecule has 4 rings (SSSR count). The minimum atomic E-state index is -3.19. The summed E-state index contributed by atoms with van der Waals surface area (Å²) in [6, 6.07) is 16.5. The van der Waals surface area contributed by atoms with Crippen molar-refractivity contribution in [3.05, 3.63) is 81.9 Å². The number of carbonyl (C=O) groups is 1. The van der Waals surface area contributed by atoms with Gasteiger partial charge in [0, 0.05) is 30.5 Å². The van der Waals surface area contributed by atoms with Crippen LogP contribution < -0.4 is 7.58 Å². The molecule has 1 aliphatic heterocycles. The van der Waals surface area contributed by atoms with E-state index >= 15 is 0 Å². The van der Waals surface area contributed by atoms with Gasteiger partial charge in [0.2, 0.25) is 0 Å². The lowest BCUT2D eigenvalue weighted by atomic mass is 9.79. The Morgan fingerprint density at radius 1 is 0.622 bits per heavy atom. The third-order valence-corrected chi connectivity index (χ3v) is 9.22. The van der Waals surface area contributed by atoms with Crippen LogP contribution in [0.15, 0.2) is 58.5 Å². The molecular formula is C38H49AlN2O4. The van der Waals surface area contributed by atoms with Crippen molar-refractivity contribution in [3.63, 3.8) is 0 Å². The van der Waals surface area contributed by atoms with E-state index < -0.39 is 21.1 Å². The topological polar surface area (TPSA) is 69.5 Å². The molecule has 0 amide bonds. The quantitative estimate of drug-likeness (QED) is 0.253.